The molecular weight excluding hydrogens is 344 g/mol. The average Bonchev–Trinajstić information content (AvgIpc) is 3.34. The first kappa shape index (κ1) is 18.0. The number of thiophene rings is 1. The molecule has 5 heteroatoms. The normalized spacial score (nSPS) is 27.5. The van der Waals surface area contributed by atoms with Crippen molar-refractivity contribution in [2.75, 3.05) is 26.2 Å². The second kappa shape index (κ2) is 7.71. The van der Waals surface area contributed by atoms with E-state index in [9.17, 15) is 9.59 Å². The van der Waals surface area contributed by atoms with E-state index in [1.807, 2.05) is 22.4 Å². The molecule has 4 nitrogen and oxygen atoms in total. The van der Waals surface area contributed by atoms with Gasteiger partial charge in [-0.25, -0.2) is 0 Å². The van der Waals surface area contributed by atoms with Crippen LogP contribution in [0.25, 0.3) is 0 Å². The highest BCUT2D eigenvalue weighted by atomic mass is 32.1. The van der Waals surface area contributed by atoms with Gasteiger partial charge < -0.3 is 9.80 Å². The molecule has 2 aliphatic heterocycles. The minimum Gasteiger partial charge on any atom is -0.342 e. The zero-order valence-corrected chi connectivity index (χ0v) is 16.4. The second-order valence-electron chi connectivity index (χ2n) is 8.42. The van der Waals surface area contributed by atoms with Crippen LogP contribution in [0.5, 0.6) is 0 Å². The summed E-state index contributed by atoms with van der Waals surface area (Å²) < 4.78 is 0. The molecule has 3 heterocycles. The molecule has 2 saturated heterocycles. The van der Waals surface area contributed by atoms with Crippen molar-refractivity contribution >= 4 is 23.2 Å². The zero-order valence-electron chi connectivity index (χ0n) is 15.6. The summed E-state index contributed by atoms with van der Waals surface area (Å²) in [4.78, 5) is 30.8. The molecule has 0 aromatic carbocycles. The van der Waals surface area contributed by atoms with Crippen molar-refractivity contribution in [3.63, 3.8) is 0 Å². The van der Waals surface area contributed by atoms with Gasteiger partial charge in [0.2, 0.25) is 5.91 Å². The first-order valence-corrected chi connectivity index (χ1v) is 11.2. The lowest BCUT2D eigenvalue weighted by molar-refractivity contribution is -0.145. The molecule has 4 rings (SSSR count). The van der Waals surface area contributed by atoms with Crippen LogP contribution in [0, 0.1) is 11.3 Å². The number of carbonyl (C=O) groups excluding carboxylic acids is 2. The van der Waals surface area contributed by atoms with Gasteiger partial charge in [-0.05, 0) is 43.0 Å². The van der Waals surface area contributed by atoms with E-state index >= 15 is 0 Å². The van der Waals surface area contributed by atoms with Crippen LogP contribution in [-0.2, 0) is 4.79 Å². The van der Waals surface area contributed by atoms with Gasteiger partial charge >= 0.3 is 0 Å². The maximum atomic E-state index is 13.3. The summed E-state index contributed by atoms with van der Waals surface area (Å²) in [6.07, 6.45) is 10.8. The third-order valence-corrected chi connectivity index (χ3v) is 7.59. The van der Waals surface area contributed by atoms with Crippen LogP contribution in [0.4, 0.5) is 0 Å². The lowest BCUT2D eigenvalue weighted by Crippen LogP contribution is -2.50. The zero-order chi connectivity index (χ0) is 18.0. The molecule has 1 aromatic rings. The Labute approximate surface area is 160 Å². The van der Waals surface area contributed by atoms with Crippen LogP contribution in [0.15, 0.2) is 17.5 Å². The number of carbonyl (C=O) groups is 2. The lowest BCUT2D eigenvalue weighted by atomic mass is 9.78. The summed E-state index contributed by atoms with van der Waals surface area (Å²) in [6.45, 7) is 3.16. The van der Waals surface area contributed by atoms with Crippen LogP contribution in [-0.4, -0.2) is 47.8 Å². The van der Waals surface area contributed by atoms with Gasteiger partial charge in [0.1, 0.15) is 0 Å². The van der Waals surface area contributed by atoms with E-state index in [0.717, 1.165) is 49.7 Å². The van der Waals surface area contributed by atoms with Crippen LogP contribution in [0.2, 0.25) is 0 Å². The van der Waals surface area contributed by atoms with Crippen molar-refractivity contribution in [2.24, 2.45) is 11.3 Å². The van der Waals surface area contributed by atoms with Crippen LogP contribution < -0.4 is 0 Å². The van der Waals surface area contributed by atoms with Crippen LogP contribution in [0.3, 0.4) is 0 Å². The number of hydrogen-bond acceptors (Lipinski definition) is 3. The van der Waals surface area contributed by atoms with Crippen molar-refractivity contribution in [3.05, 3.63) is 22.4 Å². The Morgan fingerprint density at radius 2 is 2.00 bits per heavy atom. The second-order valence-corrected chi connectivity index (χ2v) is 9.37. The number of rotatable bonds is 4. The predicted molar refractivity (Wildman–Crippen MR) is 104 cm³/mol. The van der Waals surface area contributed by atoms with Gasteiger partial charge in [0.25, 0.3) is 5.91 Å². The van der Waals surface area contributed by atoms with Gasteiger partial charge in [-0.1, -0.05) is 38.2 Å². The maximum absolute atomic E-state index is 13.3. The molecule has 1 saturated carbocycles. The fraction of sp³-hybridized carbons (Fsp3) is 0.714. The highest BCUT2D eigenvalue weighted by molar-refractivity contribution is 7.12. The Morgan fingerprint density at radius 1 is 1.15 bits per heavy atom. The maximum Gasteiger partial charge on any atom is 0.263 e. The van der Waals surface area contributed by atoms with Crippen LogP contribution >= 0.6 is 11.3 Å². The van der Waals surface area contributed by atoms with Gasteiger partial charge in [-0.2, -0.15) is 0 Å². The highest BCUT2D eigenvalue weighted by Gasteiger charge is 2.49. The average molecular weight is 375 g/mol. The minimum atomic E-state index is -0.308. The number of amides is 2. The smallest absolute Gasteiger partial charge is 0.263 e. The molecular formula is C21H30N2O2S. The van der Waals surface area contributed by atoms with E-state index in [4.69, 9.17) is 0 Å². The summed E-state index contributed by atoms with van der Waals surface area (Å²) in [6, 6.07) is 3.81. The molecule has 1 aliphatic carbocycles. The Morgan fingerprint density at radius 3 is 2.77 bits per heavy atom. The topological polar surface area (TPSA) is 40.6 Å². The van der Waals surface area contributed by atoms with Gasteiger partial charge in [0, 0.05) is 26.2 Å². The van der Waals surface area contributed by atoms with E-state index in [2.05, 4.69) is 4.90 Å². The Hall–Kier alpha value is -1.36. The quantitative estimate of drug-likeness (QED) is 0.793. The SMILES string of the molecule is O=C(c1cccs1)N1CC[C@]2(CCCN(CCC3CCCCC3)C2=O)C1. The van der Waals surface area contributed by atoms with Gasteiger partial charge in [-0.15, -0.1) is 11.3 Å². The van der Waals surface area contributed by atoms with E-state index in [0.29, 0.717) is 12.5 Å². The summed E-state index contributed by atoms with van der Waals surface area (Å²) in [5, 5.41) is 1.94. The molecule has 0 radical (unpaired) electrons. The third-order valence-electron chi connectivity index (χ3n) is 6.73. The number of likely N-dealkylation sites (tertiary alicyclic amines) is 2. The standard InChI is InChI=1S/C21H30N2O2S/c24-19(18-8-4-15-26-18)23-14-11-21(16-23)10-5-12-22(20(21)25)13-9-17-6-2-1-3-7-17/h4,8,15,17H,1-3,5-7,9-14,16H2/t21-/m1/s1. The molecule has 3 aliphatic rings. The Balaban J connectivity index is 1.37. The first-order valence-electron chi connectivity index (χ1n) is 10.3. The van der Waals surface area contributed by atoms with E-state index < -0.39 is 0 Å². The van der Waals surface area contributed by atoms with Crippen molar-refractivity contribution in [1.82, 2.24) is 9.80 Å². The van der Waals surface area contributed by atoms with Crippen molar-refractivity contribution in [2.45, 2.75) is 57.8 Å². The predicted octanol–water partition coefficient (Wildman–Crippen LogP) is 4.17. The largest absolute Gasteiger partial charge is 0.342 e. The van der Waals surface area contributed by atoms with E-state index in [-0.39, 0.29) is 11.3 Å². The molecule has 0 N–H and O–H groups in total. The molecule has 142 valence electrons. The number of hydrogen-bond donors (Lipinski definition) is 0. The van der Waals surface area contributed by atoms with E-state index in [1.54, 1.807) is 0 Å². The summed E-state index contributed by atoms with van der Waals surface area (Å²) >= 11 is 1.49. The molecule has 0 unspecified atom stereocenters. The fourth-order valence-electron chi connectivity index (χ4n) is 5.16. The summed E-state index contributed by atoms with van der Waals surface area (Å²) in [5.41, 5.74) is -0.308. The fourth-order valence-corrected chi connectivity index (χ4v) is 5.85. The molecule has 0 bridgehead atoms. The lowest BCUT2D eigenvalue weighted by Gasteiger charge is -2.40. The Bertz CT molecular complexity index is 638. The molecule has 2 amide bonds. The van der Waals surface area contributed by atoms with Crippen LogP contribution in [0.1, 0.15) is 67.5 Å². The highest BCUT2D eigenvalue weighted by Crippen LogP contribution is 2.41. The first-order chi connectivity index (χ1) is 12.7. The molecule has 1 aromatic heterocycles. The van der Waals surface area contributed by atoms with Crippen molar-refractivity contribution < 1.29 is 9.59 Å². The van der Waals surface area contributed by atoms with E-state index in [1.165, 1.54) is 49.9 Å². The Kier molecular flexibility index (Phi) is 5.35. The minimum absolute atomic E-state index is 0.101. The van der Waals surface area contributed by atoms with Crippen molar-refractivity contribution in [3.8, 4) is 0 Å². The number of piperidine rings is 1. The molecule has 3 fully saturated rings. The summed E-state index contributed by atoms with van der Waals surface area (Å²) in [7, 11) is 0. The van der Waals surface area contributed by atoms with Crippen molar-refractivity contribution in [1.29, 1.82) is 0 Å². The van der Waals surface area contributed by atoms with Gasteiger partial charge in [0.15, 0.2) is 0 Å². The molecule has 1 spiro atoms. The van der Waals surface area contributed by atoms with Gasteiger partial charge in [-0.3, -0.25) is 9.59 Å². The molecule has 26 heavy (non-hydrogen) atoms. The summed E-state index contributed by atoms with van der Waals surface area (Å²) in [5.74, 6) is 1.24. The number of nitrogens with zero attached hydrogens (tertiary/aromatic N) is 2. The molecule has 1 atom stereocenters. The third kappa shape index (κ3) is 3.55. The monoisotopic (exact) mass is 374 g/mol. The van der Waals surface area contributed by atoms with Gasteiger partial charge in [0.05, 0.1) is 10.3 Å².